The maximum absolute atomic E-state index is 14.6. The van der Waals surface area contributed by atoms with Crippen molar-refractivity contribution in [2.45, 2.75) is 153 Å². The zero-order chi connectivity index (χ0) is 36.2. The quantitative estimate of drug-likeness (QED) is 0.238. The van der Waals surface area contributed by atoms with E-state index in [1.807, 2.05) is 20.8 Å². The Bertz CT molecular complexity index is 1430. The third-order valence-electron chi connectivity index (χ3n) is 12.5. The van der Waals surface area contributed by atoms with Crippen molar-refractivity contribution < 1.29 is 32.4 Å². The molecule has 0 radical (unpaired) electrons. The fourth-order valence-electron chi connectivity index (χ4n) is 9.29. The molecule has 5 aliphatic rings. The Hall–Kier alpha value is -2.70. The molecule has 1 heterocycles. The van der Waals surface area contributed by atoms with Gasteiger partial charge in [-0.25, -0.2) is 13.2 Å². The fourth-order valence-corrected chi connectivity index (χ4v) is 10.8. The summed E-state index contributed by atoms with van der Waals surface area (Å²) in [5.74, 6) is -2.62. The summed E-state index contributed by atoms with van der Waals surface area (Å²) in [6.07, 6.45) is 10.9. The number of nitrogens with zero attached hydrogens (tertiary/aromatic N) is 1. The lowest BCUT2D eigenvalue weighted by atomic mass is 9.80. The van der Waals surface area contributed by atoms with Gasteiger partial charge in [-0.05, 0) is 81.5 Å². The van der Waals surface area contributed by atoms with E-state index in [4.69, 9.17) is 5.73 Å². The highest BCUT2D eigenvalue weighted by Gasteiger charge is 2.74. The van der Waals surface area contributed by atoms with Gasteiger partial charge in [0.25, 0.3) is 5.91 Å². The first-order valence-electron chi connectivity index (χ1n) is 18.5. The van der Waals surface area contributed by atoms with Gasteiger partial charge in [0.1, 0.15) is 12.1 Å². The molecule has 1 aliphatic heterocycles. The number of ketones is 1. The van der Waals surface area contributed by atoms with E-state index in [0.717, 1.165) is 64.2 Å². The van der Waals surface area contributed by atoms with Crippen LogP contribution in [0.3, 0.4) is 0 Å². The van der Waals surface area contributed by atoms with Crippen LogP contribution in [0.5, 0.6) is 0 Å². The molecule has 0 aromatic heterocycles. The Labute approximate surface area is 292 Å². The molecule has 5 N–H and O–H groups in total. The summed E-state index contributed by atoms with van der Waals surface area (Å²) < 4.78 is 25.7. The molecule has 5 amide bonds. The van der Waals surface area contributed by atoms with Gasteiger partial charge in [0.2, 0.25) is 17.6 Å². The average molecular weight is 706 g/mol. The first-order valence-corrected chi connectivity index (χ1v) is 20.1. The van der Waals surface area contributed by atoms with Crippen LogP contribution in [0.2, 0.25) is 0 Å². The molecule has 0 aromatic rings. The van der Waals surface area contributed by atoms with Crippen LogP contribution >= 0.6 is 0 Å². The molecule has 4 aliphatic carbocycles. The van der Waals surface area contributed by atoms with Crippen molar-refractivity contribution in [1.82, 2.24) is 20.9 Å². The van der Waals surface area contributed by atoms with Crippen LogP contribution in [0.15, 0.2) is 0 Å². The molecule has 0 aromatic carbocycles. The second-order valence-electron chi connectivity index (χ2n) is 17.9. The predicted octanol–water partition coefficient (Wildman–Crippen LogP) is 3.36. The van der Waals surface area contributed by atoms with Gasteiger partial charge in [0.05, 0.1) is 22.1 Å². The Morgan fingerprint density at radius 3 is 1.96 bits per heavy atom. The molecule has 276 valence electrons. The maximum atomic E-state index is 14.6. The molecule has 5 fully saturated rings. The number of amides is 5. The number of carbonyl (C=O) groups excluding carboxylic acids is 5. The van der Waals surface area contributed by atoms with Crippen LogP contribution in [0.25, 0.3) is 0 Å². The molecule has 1 spiro atoms. The number of sulfone groups is 1. The van der Waals surface area contributed by atoms with Gasteiger partial charge in [-0.2, -0.15) is 0 Å². The molecule has 13 heteroatoms. The normalized spacial score (nSPS) is 27.4. The Morgan fingerprint density at radius 1 is 0.857 bits per heavy atom. The largest absolute Gasteiger partial charge is 0.363 e. The minimum Gasteiger partial charge on any atom is -0.363 e. The summed E-state index contributed by atoms with van der Waals surface area (Å²) in [7, 11) is -3.56. The van der Waals surface area contributed by atoms with E-state index in [-0.39, 0.29) is 34.8 Å². The second kappa shape index (κ2) is 13.5. The van der Waals surface area contributed by atoms with Crippen molar-refractivity contribution >= 4 is 39.4 Å². The number of primary amides is 1. The van der Waals surface area contributed by atoms with Crippen molar-refractivity contribution in [3.63, 3.8) is 0 Å². The van der Waals surface area contributed by atoms with Gasteiger partial charge in [0.15, 0.2) is 9.84 Å². The van der Waals surface area contributed by atoms with Crippen LogP contribution < -0.4 is 21.7 Å². The first kappa shape index (κ1) is 37.6. The monoisotopic (exact) mass is 705 g/mol. The van der Waals surface area contributed by atoms with Crippen molar-refractivity contribution in [2.75, 3.05) is 12.3 Å². The average Bonchev–Trinajstić information content (AvgIpc) is 3.29. The van der Waals surface area contributed by atoms with Crippen molar-refractivity contribution in [3.05, 3.63) is 0 Å². The molecule has 12 nitrogen and oxygen atoms in total. The van der Waals surface area contributed by atoms with Crippen molar-refractivity contribution in [2.24, 2.45) is 34.3 Å². The Morgan fingerprint density at radius 2 is 1.45 bits per heavy atom. The fraction of sp³-hybridized carbons (Fsp3) is 0.861. The van der Waals surface area contributed by atoms with E-state index in [2.05, 4.69) is 16.0 Å². The zero-order valence-electron chi connectivity index (χ0n) is 30.4. The van der Waals surface area contributed by atoms with Crippen LogP contribution in [-0.2, 0) is 29.0 Å². The summed E-state index contributed by atoms with van der Waals surface area (Å²) in [4.78, 5) is 69.0. The number of Topliss-reactive ketones (excluding diaryl/α,β-unsaturated/α-hetero) is 1. The summed E-state index contributed by atoms with van der Waals surface area (Å²) in [6.45, 7) is 10.9. The van der Waals surface area contributed by atoms with E-state index < -0.39 is 67.3 Å². The topological polar surface area (TPSA) is 185 Å². The van der Waals surface area contributed by atoms with E-state index >= 15 is 0 Å². The van der Waals surface area contributed by atoms with Gasteiger partial charge in [-0.15, -0.1) is 0 Å². The number of fused-ring (bicyclic) bond motifs is 3. The molecule has 1 unspecified atom stereocenters. The summed E-state index contributed by atoms with van der Waals surface area (Å²) in [5, 5.41) is 8.79. The highest BCUT2D eigenvalue weighted by atomic mass is 32.2. The molecule has 5 atom stereocenters. The summed E-state index contributed by atoms with van der Waals surface area (Å²) >= 11 is 0. The third kappa shape index (κ3) is 7.52. The minimum atomic E-state index is -3.56. The lowest BCUT2D eigenvalue weighted by Gasteiger charge is -2.41. The van der Waals surface area contributed by atoms with E-state index in [0.29, 0.717) is 25.8 Å². The minimum absolute atomic E-state index is 0.0100. The van der Waals surface area contributed by atoms with E-state index in [9.17, 15) is 32.4 Å². The van der Waals surface area contributed by atoms with Gasteiger partial charge in [-0.3, -0.25) is 19.2 Å². The summed E-state index contributed by atoms with van der Waals surface area (Å²) in [6, 6.07) is -3.50. The van der Waals surface area contributed by atoms with Crippen LogP contribution in [0.1, 0.15) is 125 Å². The first-order chi connectivity index (χ1) is 22.7. The highest BCUT2D eigenvalue weighted by molar-refractivity contribution is 7.92. The Balaban J connectivity index is 1.37. The number of hydrogen-bond donors (Lipinski definition) is 4. The molecular weight excluding hydrogens is 646 g/mol. The molecule has 4 saturated carbocycles. The number of nitrogens with one attached hydrogen (secondary N) is 3. The van der Waals surface area contributed by atoms with E-state index in [1.165, 1.54) is 0 Å². The molecule has 0 bridgehead atoms. The lowest BCUT2D eigenvalue weighted by Crippen LogP contribution is -2.64. The van der Waals surface area contributed by atoms with Crippen molar-refractivity contribution in [1.29, 1.82) is 0 Å². The third-order valence-corrected chi connectivity index (χ3v) is 15.3. The van der Waals surface area contributed by atoms with Crippen LogP contribution in [0.4, 0.5) is 4.79 Å². The van der Waals surface area contributed by atoms with Crippen molar-refractivity contribution in [3.8, 4) is 0 Å². The SMILES string of the molecule is CC(C)(C)[C@H](NC(=O)NC1(CS(=O)(=O)C(C)(C)C)CCCCC1)C(=O)N1C[C@H]2[C@@H]([C@H]1C(=O)NC(CC1CCC1)C(=O)C(N)=O)C21CCCC1. The number of nitrogens with two attached hydrogens (primary N) is 1. The number of hydrogen-bond acceptors (Lipinski definition) is 7. The van der Waals surface area contributed by atoms with Crippen LogP contribution in [-0.4, -0.2) is 83.6 Å². The number of carbonyl (C=O) groups is 5. The number of piperidine rings is 1. The highest BCUT2D eigenvalue weighted by Crippen LogP contribution is 2.72. The smallest absolute Gasteiger partial charge is 0.315 e. The van der Waals surface area contributed by atoms with Crippen LogP contribution in [0, 0.1) is 28.6 Å². The second-order valence-corrected chi connectivity index (χ2v) is 20.7. The van der Waals surface area contributed by atoms with E-state index in [1.54, 1.807) is 25.7 Å². The molecular formula is C36H59N5O7S. The van der Waals surface area contributed by atoms with Gasteiger partial charge >= 0.3 is 6.03 Å². The molecule has 49 heavy (non-hydrogen) atoms. The summed E-state index contributed by atoms with van der Waals surface area (Å²) in [5.41, 5.74) is 3.68. The lowest BCUT2D eigenvalue weighted by molar-refractivity contribution is -0.145. The Kier molecular flexibility index (Phi) is 10.3. The van der Waals surface area contributed by atoms with Gasteiger partial charge in [-0.1, -0.05) is 72.1 Å². The number of urea groups is 1. The molecule has 5 rings (SSSR count). The number of likely N-dealkylation sites (tertiary alicyclic amines) is 1. The number of rotatable bonds is 11. The standard InChI is InChI=1S/C36H59N5O7S/c1-33(2,3)28(39-32(46)40-35(15-8-7-9-16-35)21-49(47,48)34(4,5)6)31(45)41-20-23-25(36(23)17-10-11-18-36)26(41)30(44)38-24(27(42)29(37)43)19-22-13-12-14-22/h22-26,28H,7-21H2,1-6H3,(H2,37,43)(H,38,44)(H2,39,40,46)/t23-,24?,25-,26-,28+/m0/s1. The molecule has 1 saturated heterocycles. The van der Waals surface area contributed by atoms with Gasteiger partial charge in [0, 0.05) is 6.54 Å². The van der Waals surface area contributed by atoms with Gasteiger partial charge < -0.3 is 26.6 Å². The zero-order valence-corrected chi connectivity index (χ0v) is 31.2. The maximum Gasteiger partial charge on any atom is 0.315 e. The predicted molar refractivity (Wildman–Crippen MR) is 186 cm³/mol.